The van der Waals surface area contributed by atoms with Crippen LogP contribution >= 0.6 is 0 Å². The van der Waals surface area contributed by atoms with E-state index < -0.39 is 0 Å². The van der Waals surface area contributed by atoms with Gasteiger partial charge in [0.25, 0.3) is 0 Å². The molecule has 7 heteroatoms. The summed E-state index contributed by atoms with van der Waals surface area (Å²) in [6.07, 6.45) is 5.95. The van der Waals surface area contributed by atoms with E-state index in [2.05, 4.69) is 9.98 Å². The Kier molecular flexibility index (Phi) is 13.7. The molecule has 0 unspecified atom stereocenters. The van der Waals surface area contributed by atoms with Crippen molar-refractivity contribution in [3.05, 3.63) is 65.9 Å². The Morgan fingerprint density at radius 1 is 0.968 bits per heavy atom. The van der Waals surface area contributed by atoms with E-state index >= 15 is 0 Å². The number of para-hydroxylation sites is 2. The van der Waals surface area contributed by atoms with Crippen molar-refractivity contribution < 1.29 is 67.4 Å². The van der Waals surface area contributed by atoms with Crippen molar-refractivity contribution >= 4 is 22.8 Å². The van der Waals surface area contributed by atoms with Crippen LogP contribution in [-0.4, -0.2) is 24.4 Å². The van der Waals surface area contributed by atoms with E-state index in [4.69, 9.17) is 4.74 Å². The van der Waals surface area contributed by atoms with Crippen LogP contribution in [0, 0.1) is 0 Å². The largest absolute Gasteiger partial charge is 3.00 e. The first-order valence-electron chi connectivity index (χ1n) is 9.73. The third-order valence-electron chi connectivity index (χ3n) is 4.63. The quantitative estimate of drug-likeness (QED) is 0.403. The standard InChI is InChI=1S/C20H20N2O.C4H8O.2ClH.Y/c1-20(2,3)16-10-4-8-15(19(16)23)13-22-17-11-5-7-14-9-6-12-21-18(14)17;1-2-4-5-3-1;;;/h4-13,23H,1-3H3;1-4H2;2*1H;/q;;;;+3/p-3. The minimum Gasteiger partial charge on any atom is -1.00 e. The fourth-order valence-electron chi connectivity index (χ4n) is 3.09. The minimum absolute atomic E-state index is 0. The van der Waals surface area contributed by atoms with Crippen LogP contribution in [0.15, 0.2) is 59.7 Å². The predicted octanol–water partition coefficient (Wildman–Crippen LogP) is -0.841. The van der Waals surface area contributed by atoms with E-state index in [0.717, 1.165) is 35.4 Å². The zero-order chi connectivity index (χ0) is 20.0. The number of aliphatic imine (C=N–C) groups is 1. The summed E-state index contributed by atoms with van der Waals surface area (Å²) in [7, 11) is 0. The van der Waals surface area contributed by atoms with Crippen LogP contribution in [0.4, 0.5) is 5.69 Å². The SMILES string of the molecule is C1CCOC1.CC(C)(C)c1cccc(C=Nc2cccc3cccnc23)c1[O-].[Cl-].[Cl-].[Y+3]. The van der Waals surface area contributed by atoms with Crippen LogP contribution in [-0.2, 0) is 42.9 Å². The Balaban J connectivity index is 0.000000995. The number of hydrogen-bond donors (Lipinski definition) is 0. The van der Waals surface area contributed by atoms with Crippen LogP contribution in [0.5, 0.6) is 5.75 Å². The Morgan fingerprint density at radius 2 is 1.61 bits per heavy atom. The molecule has 0 radical (unpaired) electrons. The number of hydrogen-bond acceptors (Lipinski definition) is 4. The molecule has 4 nitrogen and oxygen atoms in total. The van der Waals surface area contributed by atoms with Gasteiger partial charge in [0.05, 0.1) is 11.2 Å². The Labute approximate surface area is 222 Å². The molecule has 1 saturated heterocycles. The molecular formula is C24H27Cl2N2O2Y. The molecule has 0 bridgehead atoms. The average Bonchev–Trinajstić information content (AvgIpc) is 3.26. The van der Waals surface area contributed by atoms with Gasteiger partial charge in [0.1, 0.15) is 0 Å². The van der Waals surface area contributed by atoms with Crippen LogP contribution in [0.1, 0.15) is 44.7 Å². The molecule has 162 valence electrons. The Hall–Kier alpha value is -1.04. The zero-order valence-corrected chi connectivity index (χ0v) is 22.5. The van der Waals surface area contributed by atoms with Gasteiger partial charge in [-0.25, -0.2) is 0 Å². The summed E-state index contributed by atoms with van der Waals surface area (Å²) < 4.78 is 4.94. The maximum Gasteiger partial charge on any atom is 3.00 e. The van der Waals surface area contributed by atoms with Crippen molar-refractivity contribution in [3.8, 4) is 5.75 Å². The summed E-state index contributed by atoms with van der Waals surface area (Å²) >= 11 is 0. The smallest absolute Gasteiger partial charge is 1.00 e. The molecule has 31 heavy (non-hydrogen) atoms. The summed E-state index contributed by atoms with van der Waals surface area (Å²) in [6.45, 7) is 8.12. The second kappa shape index (κ2) is 14.2. The number of fused-ring (bicyclic) bond motifs is 1. The summed E-state index contributed by atoms with van der Waals surface area (Å²) in [5.41, 5.74) is 2.83. The van der Waals surface area contributed by atoms with Gasteiger partial charge in [-0.3, -0.25) is 9.98 Å². The first-order valence-corrected chi connectivity index (χ1v) is 9.73. The summed E-state index contributed by atoms with van der Waals surface area (Å²) in [5.74, 6) is 0.0388. The third kappa shape index (κ3) is 8.44. The third-order valence-corrected chi connectivity index (χ3v) is 4.63. The van der Waals surface area contributed by atoms with Crippen molar-refractivity contribution in [2.45, 2.75) is 39.0 Å². The second-order valence-corrected chi connectivity index (χ2v) is 7.90. The molecule has 0 aliphatic carbocycles. The van der Waals surface area contributed by atoms with Crippen molar-refractivity contribution in [2.75, 3.05) is 13.2 Å². The molecule has 0 saturated carbocycles. The number of pyridine rings is 1. The van der Waals surface area contributed by atoms with Gasteiger partial charge in [-0.2, -0.15) is 0 Å². The van der Waals surface area contributed by atoms with E-state index in [0.29, 0.717) is 5.56 Å². The normalized spacial score (nSPS) is 12.9. The number of aromatic nitrogens is 1. The Bertz CT molecular complexity index is 958. The molecule has 0 N–H and O–H groups in total. The van der Waals surface area contributed by atoms with Crippen molar-refractivity contribution in [3.63, 3.8) is 0 Å². The summed E-state index contributed by atoms with van der Waals surface area (Å²) in [4.78, 5) is 8.88. The maximum absolute atomic E-state index is 12.6. The molecule has 2 heterocycles. The van der Waals surface area contributed by atoms with Gasteiger partial charge in [0, 0.05) is 31.0 Å². The molecule has 3 aromatic rings. The van der Waals surface area contributed by atoms with Crippen molar-refractivity contribution in [1.82, 2.24) is 4.98 Å². The van der Waals surface area contributed by atoms with Gasteiger partial charge in [-0.05, 0) is 41.5 Å². The van der Waals surface area contributed by atoms with Gasteiger partial charge < -0.3 is 34.7 Å². The number of halogens is 2. The fourth-order valence-corrected chi connectivity index (χ4v) is 3.09. The molecule has 4 rings (SSSR count). The van der Waals surface area contributed by atoms with Crippen molar-refractivity contribution in [1.29, 1.82) is 0 Å². The molecule has 0 atom stereocenters. The van der Waals surface area contributed by atoms with Crippen LogP contribution in [0.2, 0.25) is 0 Å². The summed E-state index contributed by atoms with van der Waals surface area (Å²) in [5, 5.41) is 13.6. The first-order chi connectivity index (χ1) is 13.5. The molecule has 1 aliphatic heterocycles. The van der Waals surface area contributed by atoms with E-state index in [1.807, 2.05) is 63.2 Å². The van der Waals surface area contributed by atoms with Gasteiger partial charge in [-0.15, -0.1) is 0 Å². The molecule has 0 spiro atoms. The molecule has 1 fully saturated rings. The number of nitrogens with zero attached hydrogens (tertiary/aromatic N) is 2. The van der Waals surface area contributed by atoms with Crippen LogP contribution in [0.25, 0.3) is 10.9 Å². The number of rotatable bonds is 2. The molecule has 1 aliphatic rings. The van der Waals surface area contributed by atoms with E-state index in [1.165, 1.54) is 12.8 Å². The first kappa shape index (κ1) is 30.0. The summed E-state index contributed by atoms with van der Waals surface area (Å²) in [6, 6.07) is 15.4. The van der Waals surface area contributed by atoms with E-state index in [-0.39, 0.29) is 68.7 Å². The van der Waals surface area contributed by atoms with Gasteiger partial charge in [-0.1, -0.05) is 62.9 Å². The number of benzene rings is 2. The van der Waals surface area contributed by atoms with E-state index in [1.54, 1.807) is 18.5 Å². The monoisotopic (exact) mass is 534 g/mol. The van der Waals surface area contributed by atoms with Gasteiger partial charge in [0.15, 0.2) is 0 Å². The Morgan fingerprint density at radius 3 is 2.23 bits per heavy atom. The van der Waals surface area contributed by atoms with E-state index in [9.17, 15) is 5.11 Å². The minimum atomic E-state index is -0.179. The zero-order valence-electron chi connectivity index (χ0n) is 18.1. The fraction of sp³-hybridized carbons (Fsp3) is 0.333. The van der Waals surface area contributed by atoms with Crippen LogP contribution < -0.4 is 29.9 Å². The average molecular weight is 535 g/mol. The molecule has 2 aromatic carbocycles. The number of ether oxygens (including phenoxy) is 1. The molecule has 0 amide bonds. The van der Waals surface area contributed by atoms with Crippen LogP contribution in [0.3, 0.4) is 0 Å². The van der Waals surface area contributed by atoms with Gasteiger partial charge in [0.2, 0.25) is 0 Å². The second-order valence-electron chi connectivity index (χ2n) is 7.90. The van der Waals surface area contributed by atoms with Crippen molar-refractivity contribution in [2.24, 2.45) is 4.99 Å². The van der Waals surface area contributed by atoms with Gasteiger partial charge >= 0.3 is 32.7 Å². The molecule has 1 aromatic heterocycles. The maximum atomic E-state index is 12.6. The topological polar surface area (TPSA) is 57.5 Å². The predicted molar refractivity (Wildman–Crippen MR) is 114 cm³/mol. The molecular weight excluding hydrogens is 508 g/mol.